The van der Waals surface area contributed by atoms with Gasteiger partial charge < -0.3 is 24.3 Å². The first kappa shape index (κ1) is 22.7. The van der Waals surface area contributed by atoms with Crippen molar-refractivity contribution in [3.63, 3.8) is 0 Å². The molecule has 1 aliphatic rings. The molecule has 0 aromatic heterocycles. The van der Waals surface area contributed by atoms with Crippen molar-refractivity contribution in [2.45, 2.75) is 6.92 Å². The van der Waals surface area contributed by atoms with Crippen LogP contribution < -0.4 is 29.7 Å². The smallest absolute Gasteiger partial charge is 0.343 e. The second kappa shape index (κ2) is 10.4. The van der Waals surface area contributed by atoms with Gasteiger partial charge in [0.2, 0.25) is 6.79 Å². The van der Waals surface area contributed by atoms with Crippen molar-refractivity contribution < 1.29 is 28.5 Å². The second-order valence-electron chi connectivity index (χ2n) is 7.38. The zero-order chi connectivity index (χ0) is 23.9. The summed E-state index contributed by atoms with van der Waals surface area (Å²) in [4.78, 5) is 24.5. The molecule has 2 N–H and O–H groups in total. The first-order valence-corrected chi connectivity index (χ1v) is 10.4. The van der Waals surface area contributed by atoms with Crippen LogP contribution in [0.2, 0.25) is 0 Å². The number of amides is 1. The van der Waals surface area contributed by atoms with Gasteiger partial charge in [0.05, 0.1) is 25.4 Å². The highest BCUT2D eigenvalue weighted by Crippen LogP contribution is 2.33. The number of hydrogen-bond donors (Lipinski definition) is 2. The molecule has 4 rings (SSSR count). The van der Waals surface area contributed by atoms with Crippen molar-refractivity contribution in [1.82, 2.24) is 5.43 Å². The molecule has 0 radical (unpaired) electrons. The van der Waals surface area contributed by atoms with E-state index in [9.17, 15) is 9.59 Å². The number of nitrogens with zero attached hydrogens (tertiary/aromatic N) is 1. The molecular formula is C25H23N3O6. The molecule has 9 nitrogen and oxygen atoms in total. The van der Waals surface area contributed by atoms with Gasteiger partial charge in [0.25, 0.3) is 5.91 Å². The Morgan fingerprint density at radius 3 is 2.59 bits per heavy atom. The summed E-state index contributed by atoms with van der Waals surface area (Å²) in [5.41, 5.74) is 5.41. The largest absolute Gasteiger partial charge is 0.493 e. The fourth-order valence-electron chi connectivity index (χ4n) is 3.10. The van der Waals surface area contributed by atoms with E-state index in [0.717, 1.165) is 11.3 Å². The number of benzene rings is 3. The Morgan fingerprint density at radius 2 is 1.79 bits per heavy atom. The maximum atomic E-state index is 12.5. The number of anilines is 1. The number of esters is 1. The molecule has 1 amide bonds. The predicted molar refractivity (Wildman–Crippen MR) is 126 cm³/mol. The number of hydrogen-bond acceptors (Lipinski definition) is 8. The summed E-state index contributed by atoms with van der Waals surface area (Å²) in [6.07, 6.45) is 1.47. The molecule has 3 aromatic carbocycles. The Labute approximate surface area is 196 Å². The molecule has 3 aromatic rings. The summed E-state index contributed by atoms with van der Waals surface area (Å²) in [5.74, 6) is 0.795. The molecule has 174 valence electrons. The molecule has 0 fully saturated rings. The zero-order valence-corrected chi connectivity index (χ0v) is 18.7. The molecule has 34 heavy (non-hydrogen) atoms. The standard InChI is InChI=1S/C25H23N3O6/c1-16-3-7-19(8-4-16)26-14-24(29)28-27-13-17-5-9-21(22(11-17)31-2)34-25(30)18-6-10-20-23(12-18)33-15-32-20/h3-13,26H,14-15H2,1-2H3,(H,28,29)/b27-13+. The molecular weight excluding hydrogens is 438 g/mol. The van der Waals surface area contributed by atoms with Gasteiger partial charge in [-0.1, -0.05) is 17.7 Å². The van der Waals surface area contributed by atoms with Crippen molar-refractivity contribution in [1.29, 1.82) is 0 Å². The van der Waals surface area contributed by atoms with Crippen LogP contribution in [0.3, 0.4) is 0 Å². The minimum atomic E-state index is -0.564. The van der Waals surface area contributed by atoms with Crippen molar-refractivity contribution in [3.8, 4) is 23.0 Å². The number of carbonyl (C=O) groups is 2. The van der Waals surface area contributed by atoms with Crippen molar-refractivity contribution in [2.24, 2.45) is 5.10 Å². The van der Waals surface area contributed by atoms with Crippen LogP contribution in [0.1, 0.15) is 21.5 Å². The van der Waals surface area contributed by atoms with Crippen LogP contribution in [-0.2, 0) is 4.79 Å². The van der Waals surface area contributed by atoms with E-state index in [1.54, 1.807) is 36.4 Å². The van der Waals surface area contributed by atoms with E-state index in [1.807, 2.05) is 31.2 Å². The number of nitrogens with one attached hydrogen (secondary N) is 2. The summed E-state index contributed by atoms with van der Waals surface area (Å²) >= 11 is 0. The van der Waals surface area contributed by atoms with Crippen LogP contribution >= 0.6 is 0 Å². The number of fused-ring (bicyclic) bond motifs is 1. The van der Waals surface area contributed by atoms with E-state index in [0.29, 0.717) is 28.4 Å². The van der Waals surface area contributed by atoms with Gasteiger partial charge in [0.15, 0.2) is 23.0 Å². The predicted octanol–water partition coefficient (Wildman–Crippen LogP) is 3.51. The van der Waals surface area contributed by atoms with Crippen LogP contribution in [0, 0.1) is 6.92 Å². The SMILES string of the molecule is COc1cc(/C=N/NC(=O)CNc2ccc(C)cc2)ccc1OC(=O)c1ccc2c(c1)OCO2. The van der Waals surface area contributed by atoms with E-state index < -0.39 is 5.97 Å². The van der Waals surface area contributed by atoms with Crippen molar-refractivity contribution in [3.05, 3.63) is 77.4 Å². The van der Waals surface area contributed by atoms with Gasteiger partial charge in [-0.05, 0) is 61.0 Å². The highest BCUT2D eigenvalue weighted by atomic mass is 16.7. The molecule has 1 aliphatic heterocycles. The molecule has 0 unspecified atom stereocenters. The third kappa shape index (κ3) is 5.63. The molecule has 0 saturated carbocycles. The number of methoxy groups -OCH3 is 1. The summed E-state index contributed by atoms with van der Waals surface area (Å²) in [5, 5.41) is 6.98. The Bertz CT molecular complexity index is 1220. The lowest BCUT2D eigenvalue weighted by molar-refractivity contribution is -0.119. The number of aryl methyl sites for hydroxylation is 1. The third-order valence-corrected chi connectivity index (χ3v) is 4.91. The van der Waals surface area contributed by atoms with Gasteiger partial charge in [-0.25, -0.2) is 10.2 Å². The monoisotopic (exact) mass is 461 g/mol. The number of ether oxygens (including phenoxy) is 4. The lowest BCUT2D eigenvalue weighted by Crippen LogP contribution is -2.25. The van der Waals surface area contributed by atoms with E-state index in [1.165, 1.54) is 13.3 Å². The molecule has 9 heteroatoms. The number of carbonyl (C=O) groups excluding carboxylic acids is 2. The van der Waals surface area contributed by atoms with Gasteiger partial charge in [-0.3, -0.25) is 4.79 Å². The highest BCUT2D eigenvalue weighted by Gasteiger charge is 2.18. The average Bonchev–Trinajstić information content (AvgIpc) is 3.32. The second-order valence-corrected chi connectivity index (χ2v) is 7.38. The van der Waals surface area contributed by atoms with Gasteiger partial charge in [0.1, 0.15) is 0 Å². The van der Waals surface area contributed by atoms with Crippen molar-refractivity contribution in [2.75, 3.05) is 25.8 Å². The van der Waals surface area contributed by atoms with E-state index in [4.69, 9.17) is 18.9 Å². The molecule has 1 heterocycles. The zero-order valence-electron chi connectivity index (χ0n) is 18.7. The first-order chi connectivity index (χ1) is 16.5. The molecule has 0 aliphatic carbocycles. The number of hydrazone groups is 1. The third-order valence-electron chi connectivity index (χ3n) is 4.91. The Hall–Kier alpha value is -4.53. The summed E-state index contributed by atoms with van der Waals surface area (Å²) in [6, 6.07) is 17.5. The molecule has 0 saturated heterocycles. The quantitative estimate of drug-likeness (QED) is 0.229. The van der Waals surface area contributed by atoms with Gasteiger partial charge in [0, 0.05) is 5.69 Å². The Balaban J connectivity index is 1.33. The first-order valence-electron chi connectivity index (χ1n) is 10.4. The Kier molecular flexibility index (Phi) is 6.92. The van der Waals surface area contributed by atoms with E-state index in [-0.39, 0.29) is 25.0 Å². The van der Waals surface area contributed by atoms with Crippen LogP contribution in [0.5, 0.6) is 23.0 Å². The summed E-state index contributed by atoms with van der Waals surface area (Å²) in [6.45, 7) is 2.20. The van der Waals surface area contributed by atoms with Crippen molar-refractivity contribution >= 4 is 23.8 Å². The van der Waals surface area contributed by atoms with Gasteiger partial charge >= 0.3 is 5.97 Å². The fraction of sp³-hybridized carbons (Fsp3) is 0.160. The van der Waals surface area contributed by atoms with Crippen LogP contribution in [-0.4, -0.2) is 38.5 Å². The van der Waals surface area contributed by atoms with Crippen LogP contribution in [0.15, 0.2) is 65.8 Å². The summed E-state index contributed by atoms with van der Waals surface area (Å²) in [7, 11) is 1.46. The summed E-state index contributed by atoms with van der Waals surface area (Å²) < 4.78 is 21.4. The molecule has 0 atom stereocenters. The lowest BCUT2D eigenvalue weighted by atomic mass is 10.2. The van der Waals surface area contributed by atoms with Crippen LogP contribution in [0.4, 0.5) is 5.69 Å². The maximum Gasteiger partial charge on any atom is 0.343 e. The number of rotatable bonds is 8. The lowest BCUT2D eigenvalue weighted by Gasteiger charge is -2.10. The Morgan fingerprint density at radius 1 is 1.00 bits per heavy atom. The topological polar surface area (TPSA) is 107 Å². The average molecular weight is 461 g/mol. The van der Waals surface area contributed by atoms with Gasteiger partial charge in [-0.2, -0.15) is 5.10 Å². The highest BCUT2D eigenvalue weighted by molar-refractivity contribution is 5.92. The minimum Gasteiger partial charge on any atom is -0.493 e. The normalized spacial score (nSPS) is 11.8. The molecule has 0 bridgehead atoms. The van der Waals surface area contributed by atoms with E-state index >= 15 is 0 Å². The van der Waals surface area contributed by atoms with E-state index in [2.05, 4.69) is 15.8 Å². The van der Waals surface area contributed by atoms with Gasteiger partial charge in [-0.15, -0.1) is 0 Å². The molecule has 0 spiro atoms. The fourth-order valence-corrected chi connectivity index (χ4v) is 3.10. The van der Waals surface area contributed by atoms with Crippen LogP contribution in [0.25, 0.3) is 0 Å². The minimum absolute atomic E-state index is 0.0818. The maximum absolute atomic E-state index is 12.5.